The molecule has 2 atom stereocenters. The van der Waals surface area contributed by atoms with Crippen molar-refractivity contribution in [1.82, 2.24) is 5.32 Å². The third-order valence-corrected chi connectivity index (χ3v) is 3.22. The van der Waals surface area contributed by atoms with E-state index in [0.29, 0.717) is 5.56 Å². The van der Waals surface area contributed by atoms with Gasteiger partial charge in [-0.3, -0.25) is 9.59 Å². The van der Waals surface area contributed by atoms with Gasteiger partial charge in [-0.15, -0.1) is 0 Å². The number of amides is 1. The van der Waals surface area contributed by atoms with Crippen LogP contribution in [0.5, 0.6) is 0 Å². The molecular weight excluding hydrogens is 326 g/mol. The first-order valence-electron chi connectivity index (χ1n) is 7.97. The van der Waals surface area contributed by atoms with Crippen molar-refractivity contribution in [3.8, 4) is 0 Å². The van der Waals surface area contributed by atoms with Gasteiger partial charge >= 0.3 is 11.9 Å². The molecule has 0 aliphatic rings. The van der Waals surface area contributed by atoms with Gasteiger partial charge in [-0.25, -0.2) is 4.79 Å². The first-order valence-corrected chi connectivity index (χ1v) is 7.97. The SMILES string of the molecule is COC(=O)[C@@H](CCC(=O)OC(C)(C)C)NC(=O)[C@@H](O)c1ccccc1. The second kappa shape index (κ2) is 9.17. The highest BCUT2D eigenvalue weighted by Crippen LogP contribution is 2.14. The van der Waals surface area contributed by atoms with E-state index in [4.69, 9.17) is 4.74 Å². The number of ether oxygens (including phenoxy) is 2. The lowest BCUT2D eigenvalue weighted by atomic mass is 10.1. The van der Waals surface area contributed by atoms with Gasteiger partial charge in [0, 0.05) is 6.42 Å². The molecular formula is C18H25NO6. The Hall–Kier alpha value is -2.41. The predicted octanol–water partition coefficient (Wildman–Crippen LogP) is 1.50. The van der Waals surface area contributed by atoms with Crippen LogP contribution >= 0.6 is 0 Å². The van der Waals surface area contributed by atoms with Crippen LogP contribution in [0.15, 0.2) is 30.3 Å². The van der Waals surface area contributed by atoms with Crippen LogP contribution in [0.2, 0.25) is 0 Å². The summed E-state index contributed by atoms with van der Waals surface area (Å²) in [5.74, 6) is -1.93. The van der Waals surface area contributed by atoms with Gasteiger partial charge in [0.1, 0.15) is 11.6 Å². The molecule has 1 amide bonds. The fourth-order valence-corrected chi connectivity index (χ4v) is 2.08. The molecule has 0 saturated carbocycles. The first kappa shape index (κ1) is 20.6. The topological polar surface area (TPSA) is 102 Å². The number of hydrogen-bond donors (Lipinski definition) is 2. The lowest BCUT2D eigenvalue weighted by Crippen LogP contribution is -2.44. The molecule has 0 unspecified atom stereocenters. The number of benzene rings is 1. The molecule has 25 heavy (non-hydrogen) atoms. The Morgan fingerprint density at radius 3 is 2.28 bits per heavy atom. The Labute approximate surface area is 147 Å². The summed E-state index contributed by atoms with van der Waals surface area (Å²) in [7, 11) is 1.18. The summed E-state index contributed by atoms with van der Waals surface area (Å²) in [5.41, 5.74) is -0.235. The van der Waals surface area contributed by atoms with E-state index in [1.54, 1.807) is 51.1 Å². The minimum atomic E-state index is -1.42. The van der Waals surface area contributed by atoms with Gasteiger partial charge in [0.15, 0.2) is 6.10 Å². The zero-order valence-electron chi connectivity index (χ0n) is 14.9. The standard InChI is InChI=1S/C18H25NO6/c1-18(2,3)25-14(20)11-10-13(17(23)24-4)19-16(22)15(21)12-8-6-5-7-9-12/h5-9,13,15,21H,10-11H2,1-4H3,(H,19,22)/t13-,15+/m1/s1. The van der Waals surface area contributed by atoms with Crippen molar-refractivity contribution < 1.29 is 29.0 Å². The van der Waals surface area contributed by atoms with Crippen molar-refractivity contribution in [3.63, 3.8) is 0 Å². The summed E-state index contributed by atoms with van der Waals surface area (Å²) in [4.78, 5) is 35.8. The highest BCUT2D eigenvalue weighted by atomic mass is 16.6. The molecule has 0 heterocycles. The average molecular weight is 351 g/mol. The maximum atomic E-state index is 12.2. The van der Waals surface area contributed by atoms with Crippen molar-refractivity contribution in [2.45, 2.75) is 51.4 Å². The van der Waals surface area contributed by atoms with E-state index in [1.165, 1.54) is 7.11 Å². The molecule has 7 nitrogen and oxygen atoms in total. The van der Waals surface area contributed by atoms with Crippen molar-refractivity contribution in [3.05, 3.63) is 35.9 Å². The number of aliphatic hydroxyl groups is 1. The minimum Gasteiger partial charge on any atom is -0.467 e. The third-order valence-electron chi connectivity index (χ3n) is 3.22. The van der Waals surface area contributed by atoms with Gasteiger partial charge < -0.3 is 19.9 Å². The number of aliphatic hydroxyl groups excluding tert-OH is 1. The van der Waals surface area contributed by atoms with Crippen LogP contribution in [0.4, 0.5) is 0 Å². The van der Waals surface area contributed by atoms with E-state index in [0.717, 1.165) is 0 Å². The molecule has 7 heteroatoms. The summed E-state index contributed by atoms with van der Waals surface area (Å²) in [6, 6.07) is 7.27. The molecule has 0 spiro atoms. The molecule has 0 bridgehead atoms. The second-order valence-corrected chi connectivity index (χ2v) is 6.52. The summed E-state index contributed by atoms with van der Waals surface area (Å²) in [6.07, 6.45) is -1.48. The zero-order valence-corrected chi connectivity index (χ0v) is 14.9. The molecule has 138 valence electrons. The largest absolute Gasteiger partial charge is 0.467 e. The third kappa shape index (κ3) is 7.34. The van der Waals surface area contributed by atoms with Crippen LogP contribution in [-0.4, -0.2) is 41.7 Å². The summed E-state index contributed by atoms with van der Waals surface area (Å²) in [5, 5.41) is 12.5. The molecule has 2 N–H and O–H groups in total. The molecule has 1 rings (SSSR count). The number of methoxy groups -OCH3 is 1. The minimum absolute atomic E-state index is 0.00877. The summed E-state index contributed by atoms with van der Waals surface area (Å²) < 4.78 is 9.81. The monoisotopic (exact) mass is 351 g/mol. The number of rotatable bonds is 7. The van der Waals surface area contributed by atoms with Gasteiger partial charge in [-0.1, -0.05) is 30.3 Å². The normalized spacial score (nSPS) is 13.5. The average Bonchev–Trinajstić information content (AvgIpc) is 2.56. The van der Waals surface area contributed by atoms with Crippen LogP contribution in [0, 0.1) is 0 Å². The molecule has 0 fully saturated rings. The van der Waals surface area contributed by atoms with Crippen LogP contribution in [0.25, 0.3) is 0 Å². The number of esters is 2. The number of carbonyl (C=O) groups is 3. The Bertz CT molecular complexity index is 593. The molecule has 0 radical (unpaired) electrons. The highest BCUT2D eigenvalue weighted by molar-refractivity contribution is 5.87. The Kier molecular flexibility index (Phi) is 7.57. The van der Waals surface area contributed by atoms with Crippen LogP contribution < -0.4 is 5.32 Å². The van der Waals surface area contributed by atoms with Gasteiger partial charge in [0.25, 0.3) is 5.91 Å². The van der Waals surface area contributed by atoms with Crippen LogP contribution in [0.3, 0.4) is 0 Å². The van der Waals surface area contributed by atoms with Crippen molar-refractivity contribution in [1.29, 1.82) is 0 Å². The fraction of sp³-hybridized carbons (Fsp3) is 0.500. The molecule has 0 aliphatic heterocycles. The van der Waals surface area contributed by atoms with E-state index in [2.05, 4.69) is 10.1 Å². The van der Waals surface area contributed by atoms with Crippen LogP contribution in [-0.2, 0) is 23.9 Å². The quantitative estimate of drug-likeness (QED) is 0.722. The highest BCUT2D eigenvalue weighted by Gasteiger charge is 2.27. The van der Waals surface area contributed by atoms with E-state index >= 15 is 0 Å². The van der Waals surface area contributed by atoms with E-state index in [9.17, 15) is 19.5 Å². The predicted molar refractivity (Wildman–Crippen MR) is 90.4 cm³/mol. The van der Waals surface area contributed by atoms with E-state index in [-0.39, 0.29) is 12.8 Å². The molecule has 0 aliphatic carbocycles. The molecule has 0 saturated heterocycles. The fourth-order valence-electron chi connectivity index (χ4n) is 2.08. The summed E-state index contributed by atoms with van der Waals surface area (Å²) >= 11 is 0. The number of hydrogen-bond acceptors (Lipinski definition) is 6. The molecule has 1 aromatic carbocycles. The lowest BCUT2D eigenvalue weighted by Gasteiger charge is -2.21. The second-order valence-electron chi connectivity index (χ2n) is 6.52. The smallest absolute Gasteiger partial charge is 0.328 e. The van der Waals surface area contributed by atoms with E-state index in [1.807, 2.05) is 0 Å². The van der Waals surface area contributed by atoms with Crippen molar-refractivity contribution in [2.24, 2.45) is 0 Å². The van der Waals surface area contributed by atoms with E-state index < -0.39 is 35.6 Å². The van der Waals surface area contributed by atoms with Crippen LogP contribution in [0.1, 0.15) is 45.3 Å². The maximum absolute atomic E-state index is 12.2. The summed E-state index contributed by atoms with van der Waals surface area (Å²) in [6.45, 7) is 5.21. The number of nitrogens with one attached hydrogen (secondary N) is 1. The van der Waals surface area contributed by atoms with Gasteiger partial charge in [0.05, 0.1) is 7.11 Å². The Morgan fingerprint density at radius 1 is 1.16 bits per heavy atom. The van der Waals surface area contributed by atoms with Crippen molar-refractivity contribution >= 4 is 17.8 Å². The maximum Gasteiger partial charge on any atom is 0.328 e. The molecule has 1 aromatic rings. The number of carbonyl (C=O) groups excluding carboxylic acids is 3. The Morgan fingerprint density at radius 2 is 1.76 bits per heavy atom. The van der Waals surface area contributed by atoms with Gasteiger partial charge in [-0.05, 0) is 32.8 Å². The molecule has 0 aromatic heterocycles. The van der Waals surface area contributed by atoms with Gasteiger partial charge in [-0.2, -0.15) is 0 Å². The Balaban J connectivity index is 2.68. The zero-order chi connectivity index (χ0) is 19.0. The van der Waals surface area contributed by atoms with Gasteiger partial charge in [0.2, 0.25) is 0 Å². The van der Waals surface area contributed by atoms with Crippen molar-refractivity contribution in [2.75, 3.05) is 7.11 Å². The first-order chi connectivity index (χ1) is 11.6. The lowest BCUT2D eigenvalue weighted by molar-refractivity contribution is -0.155.